The molecule has 0 spiro atoms. The first-order valence-corrected chi connectivity index (χ1v) is 10.6. The summed E-state index contributed by atoms with van der Waals surface area (Å²) < 4.78 is 17.2. The van der Waals surface area contributed by atoms with Crippen LogP contribution in [0.1, 0.15) is 36.5 Å². The number of urea groups is 1. The van der Waals surface area contributed by atoms with E-state index >= 15 is 0 Å². The molecule has 2 aliphatic rings. The number of carbonyl (C=O) groups is 2. The first-order chi connectivity index (χ1) is 14.9. The zero-order chi connectivity index (χ0) is 22.0. The number of carbonyl (C=O) groups excluding carboxylic acids is 2. The van der Waals surface area contributed by atoms with Crippen LogP contribution >= 0.6 is 0 Å². The summed E-state index contributed by atoms with van der Waals surface area (Å²) in [4.78, 5) is 27.0. The SMILES string of the molecule is Cc1cc(C)cc(OCCCN2C(=O)NC(C)(c3ccc4c(c3)OCCCO4)C2=O)c1. The van der Waals surface area contributed by atoms with E-state index in [2.05, 4.69) is 11.4 Å². The molecule has 1 atom stereocenters. The van der Waals surface area contributed by atoms with Crippen LogP contribution in [0.4, 0.5) is 4.79 Å². The molecular formula is C24H28N2O5. The van der Waals surface area contributed by atoms with E-state index in [1.165, 1.54) is 4.90 Å². The quantitative estimate of drug-likeness (QED) is 0.565. The summed E-state index contributed by atoms with van der Waals surface area (Å²) in [6, 6.07) is 11.0. The highest BCUT2D eigenvalue weighted by molar-refractivity contribution is 6.07. The van der Waals surface area contributed by atoms with Gasteiger partial charge in [-0.25, -0.2) is 4.79 Å². The van der Waals surface area contributed by atoms with Gasteiger partial charge in [0.1, 0.15) is 11.3 Å². The van der Waals surface area contributed by atoms with Crippen LogP contribution in [0.3, 0.4) is 0 Å². The van der Waals surface area contributed by atoms with Crippen LogP contribution in [0.15, 0.2) is 36.4 Å². The van der Waals surface area contributed by atoms with E-state index in [4.69, 9.17) is 14.2 Å². The van der Waals surface area contributed by atoms with E-state index in [1.54, 1.807) is 25.1 Å². The summed E-state index contributed by atoms with van der Waals surface area (Å²) in [7, 11) is 0. The predicted octanol–water partition coefficient (Wildman–Crippen LogP) is 3.70. The topological polar surface area (TPSA) is 77.1 Å². The number of hydrogen-bond acceptors (Lipinski definition) is 5. The van der Waals surface area contributed by atoms with Gasteiger partial charge in [0.25, 0.3) is 5.91 Å². The number of amides is 3. The van der Waals surface area contributed by atoms with Gasteiger partial charge in [-0.3, -0.25) is 9.69 Å². The second-order valence-corrected chi connectivity index (χ2v) is 8.25. The Morgan fingerprint density at radius 2 is 1.74 bits per heavy atom. The molecule has 7 heteroatoms. The summed E-state index contributed by atoms with van der Waals surface area (Å²) >= 11 is 0. The Kier molecular flexibility index (Phi) is 5.76. The van der Waals surface area contributed by atoms with Gasteiger partial charge >= 0.3 is 6.03 Å². The van der Waals surface area contributed by atoms with Crippen LogP contribution in [0, 0.1) is 13.8 Å². The second kappa shape index (κ2) is 8.49. The van der Waals surface area contributed by atoms with Gasteiger partial charge in [-0.05, 0) is 68.1 Å². The van der Waals surface area contributed by atoms with Gasteiger partial charge < -0.3 is 19.5 Å². The van der Waals surface area contributed by atoms with Crippen molar-refractivity contribution in [3.8, 4) is 17.2 Å². The first kappa shape index (κ1) is 21.0. The maximum atomic E-state index is 13.2. The zero-order valence-corrected chi connectivity index (χ0v) is 18.2. The molecule has 2 heterocycles. The number of fused-ring (bicyclic) bond motifs is 1. The van der Waals surface area contributed by atoms with Gasteiger partial charge in [-0.2, -0.15) is 0 Å². The van der Waals surface area contributed by atoms with Crippen molar-refractivity contribution < 1.29 is 23.8 Å². The fraction of sp³-hybridized carbons (Fsp3) is 0.417. The normalized spacial score (nSPS) is 20.4. The Labute approximate surface area is 182 Å². The van der Waals surface area contributed by atoms with Crippen molar-refractivity contribution >= 4 is 11.9 Å². The molecule has 31 heavy (non-hydrogen) atoms. The highest BCUT2D eigenvalue weighted by Crippen LogP contribution is 2.36. The van der Waals surface area contributed by atoms with Gasteiger partial charge in [0.05, 0.1) is 19.8 Å². The third kappa shape index (κ3) is 4.31. The minimum Gasteiger partial charge on any atom is -0.494 e. The molecule has 1 unspecified atom stereocenters. The lowest BCUT2D eigenvalue weighted by Gasteiger charge is -2.23. The number of ether oxygens (including phenoxy) is 3. The molecule has 2 aromatic carbocycles. The fourth-order valence-electron chi connectivity index (χ4n) is 4.00. The Morgan fingerprint density at radius 3 is 2.48 bits per heavy atom. The summed E-state index contributed by atoms with van der Waals surface area (Å²) in [6.45, 7) is 7.62. The number of hydrogen-bond donors (Lipinski definition) is 1. The molecule has 0 aliphatic carbocycles. The van der Waals surface area contributed by atoms with Crippen LogP contribution < -0.4 is 19.5 Å². The second-order valence-electron chi connectivity index (χ2n) is 8.25. The van der Waals surface area contributed by atoms with E-state index in [1.807, 2.05) is 26.0 Å². The first-order valence-electron chi connectivity index (χ1n) is 10.6. The molecule has 4 rings (SSSR count). The zero-order valence-electron chi connectivity index (χ0n) is 18.2. The lowest BCUT2D eigenvalue weighted by atomic mass is 9.91. The van der Waals surface area contributed by atoms with Gasteiger partial charge in [0.2, 0.25) is 0 Å². The molecule has 2 aliphatic heterocycles. The van der Waals surface area contributed by atoms with E-state index in [0.717, 1.165) is 23.3 Å². The highest BCUT2D eigenvalue weighted by atomic mass is 16.5. The third-order valence-corrected chi connectivity index (χ3v) is 5.59. The maximum Gasteiger partial charge on any atom is 0.325 e. The summed E-state index contributed by atoms with van der Waals surface area (Å²) in [5.74, 6) is 1.77. The summed E-state index contributed by atoms with van der Waals surface area (Å²) in [5.41, 5.74) is 1.80. The van der Waals surface area contributed by atoms with E-state index in [0.29, 0.717) is 43.3 Å². The minimum absolute atomic E-state index is 0.279. The number of imide groups is 1. The van der Waals surface area contributed by atoms with Crippen LogP contribution in [0.25, 0.3) is 0 Å². The van der Waals surface area contributed by atoms with Crippen LogP contribution in [-0.2, 0) is 10.3 Å². The molecule has 1 fully saturated rings. The Hall–Kier alpha value is -3.22. The highest BCUT2D eigenvalue weighted by Gasteiger charge is 2.49. The van der Waals surface area contributed by atoms with E-state index in [9.17, 15) is 9.59 Å². The van der Waals surface area contributed by atoms with Crippen molar-refractivity contribution in [3.63, 3.8) is 0 Å². The number of rotatable bonds is 6. The van der Waals surface area contributed by atoms with Crippen molar-refractivity contribution in [3.05, 3.63) is 53.1 Å². The van der Waals surface area contributed by atoms with E-state index < -0.39 is 11.6 Å². The number of benzene rings is 2. The minimum atomic E-state index is -1.14. The summed E-state index contributed by atoms with van der Waals surface area (Å²) in [5, 5.41) is 2.84. The number of nitrogens with one attached hydrogen (secondary N) is 1. The molecular weight excluding hydrogens is 396 g/mol. The van der Waals surface area contributed by atoms with Gasteiger partial charge in [0.15, 0.2) is 11.5 Å². The van der Waals surface area contributed by atoms with Gasteiger partial charge in [-0.1, -0.05) is 12.1 Å². The molecule has 0 aromatic heterocycles. The largest absolute Gasteiger partial charge is 0.494 e. The number of aryl methyl sites for hydroxylation is 2. The molecule has 0 bridgehead atoms. The smallest absolute Gasteiger partial charge is 0.325 e. The van der Waals surface area contributed by atoms with E-state index in [-0.39, 0.29) is 12.5 Å². The monoisotopic (exact) mass is 424 g/mol. The van der Waals surface area contributed by atoms with Gasteiger partial charge in [-0.15, -0.1) is 0 Å². The standard InChI is InChI=1S/C24H28N2O5/c1-16-12-17(2)14-19(13-16)29-9-4-8-26-22(27)24(3,25-23(26)28)18-6-7-20-21(15-18)31-11-5-10-30-20/h6-7,12-15H,4-5,8-11H2,1-3H3,(H,25,28). The van der Waals surface area contributed by atoms with Crippen molar-refractivity contribution in [2.24, 2.45) is 0 Å². The van der Waals surface area contributed by atoms with Crippen molar-refractivity contribution in [2.45, 2.75) is 39.2 Å². The average molecular weight is 424 g/mol. The predicted molar refractivity (Wildman–Crippen MR) is 116 cm³/mol. The number of nitrogens with zero attached hydrogens (tertiary/aromatic N) is 1. The fourth-order valence-corrected chi connectivity index (χ4v) is 4.00. The van der Waals surface area contributed by atoms with Crippen LogP contribution in [0.5, 0.6) is 17.2 Å². The molecule has 1 saturated heterocycles. The molecule has 2 aromatic rings. The Morgan fingerprint density at radius 1 is 1.03 bits per heavy atom. The summed E-state index contributed by atoms with van der Waals surface area (Å²) in [6.07, 6.45) is 1.35. The third-order valence-electron chi connectivity index (χ3n) is 5.59. The Balaban J connectivity index is 1.40. The maximum absolute atomic E-state index is 13.2. The molecule has 1 N–H and O–H groups in total. The van der Waals surface area contributed by atoms with Crippen molar-refractivity contribution in [1.29, 1.82) is 0 Å². The molecule has 0 saturated carbocycles. The molecule has 3 amide bonds. The molecule has 0 radical (unpaired) electrons. The van der Waals surface area contributed by atoms with Crippen LogP contribution in [0.2, 0.25) is 0 Å². The van der Waals surface area contributed by atoms with Crippen molar-refractivity contribution in [1.82, 2.24) is 10.2 Å². The molecule has 164 valence electrons. The van der Waals surface area contributed by atoms with Crippen molar-refractivity contribution in [2.75, 3.05) is 26.4 Å². The lowest BCUT2D eigenvalue weighted by molar-refractivity contribution is -0.131. The average Bonchev–Trinajstić information content (AvgIpc) is 2.88. The van der Waals surface area contributed by atoms with Gasteiger partial charge in [0, 0.05) is 13.0 Å². The molecule has 7 nitrogen and oxygen atoms in total. The van der Waals surface area contributed by atoms with Crippen LogP contribution in [-0.4, -0.2) is 43.2 Å². The Bertz CT molecular complexity index is 985. The lowest BCUT2D eigenvalue weighted by Crippen LogP contribution is -2.41.